The minimum atomic E-state index is -0.435. The first-order valence-electron chi connectivity index (χ1n) is 6.79. The number of allylic oxidation sites excluding steroid dienone is 2. The summed E-state index contributed by atoms with van der Waals surface area (Å²) in [6.07, 6.45) is 3.36. The molecule has 0 amide bonds. The molecule has 0 aliphatic carbocycles. The van der Waals surface area contributed by atoms with Gasteiger partial charge in [0, 0.05) is 23.9 Å². The largest absolute Gasteiger partial charge is 0.405 e. The van der Waals surface area contributed by atoms with Crippen LogP contribution in [0.25, 0.3) is 5.43 Å². The van der Waals surface area contributed by atoms with E-state index in [0.717, 1.165) is 9.88 Å². The third-order valence-corrected chi connectivity index (χ3v) is 3.99. The Morgan fingerprint density at radius 1 is 1.64 bits per heavy atom. The first kappa shape index (κ1) is 16.5. The van der Waals surface area contributed by atoms with Gasteiger partial charge in [-0.05, 0) is 13.5 Å². The molecule has 1 aromatic heterocycles. The molecule has 118 valence electrons. The van der Waals surface area contributed by atoms with Crippen LogP contribution in [0.15, 0.2) is 23.8 Å². The Morgan fingerprint density at radius 3 is 3.14 bits per heavy atom. The van der Waals surface area contributed by atoms with Crippen LogP contribution in [-0.4, -0.2) is 41.8 Å². The maximum Gasteiger partial charge on any atom is 0.196 e. The van der Waals surface area contributed by atoms with Gasteiger partial charge < -0.3 is 16.5 Å². The lowest BCUT2D eigenvalue weighted by atomic mass is 10.2. The lowest BCUT2D eigenvalue weighted by molar-refractivity contribution is -0.389. The number of nitrogens with one attached hydrogen (secondary N) is 1. The maximum absolute atomic E-state index is 13.5. The predicted molar refractivity (Wildman–Crippen MR) is 84.8 cm³/mol. The highest BCUT2D eigenvalue weighted by Crippen LogP contribution is 2.19. The SMILES string of the molecule is C=[N+]1C=CC(F)=C(CNCC(=O)c2nc(CCN)sc2C)[N-]1. The van der Waals surface area contributed by atoms with E-state index in [2.05, 4.69) is 22.4 Å². The van der Waals surface area contributed by atoms with Crippen molar-refractivity contribution >= 4 is 23.8 Å². The van der Waals surface area contributed by atoms with Crippen molar-refractivity contribution in [3.63, 3.8) is 0 Å². The number of thiazole rings is 1. The Kier molecular flexibility index (Phi) is 5.53. The lowest BCUT2D eigenvalue weighted by Crippen LogP contribution is -2.26. The number of rotatable bonds is 7. The van der Waals surface area contributed by atoms with Gasteiger partial charge in [-0.15, -0.1) is 11.3 Å². The van der Waals surface area contributed by atoms with Crippen molar-refractivity contribution in [2.75, 3.05) is 19.6 Å². The Labute approximate surface area is 132 Å². The number of nitrogens with two attached hydrogens (primary N) is 1. The standard InChI is InChI=1S/C14H18FN5OS/c1-9-14(18-13(22-9)3-5-16)12(21)8-17-7-11-10(15)4-6-20(2)19-11/h4,6,17H,2-3,5,7-8,16H2,1H3. The van der Waals surface area contributed by atoms with Crippen molar-refractivity contribution in [2.24, 2.45) is 5.73 Å². The molecule has 0 unspecified atom stereocenters. The molecule has 0 spiro atoms. The highest BCUT2D eigenvalue weighted by Gasteiger charge is 2.15. The number of Topliss-reactive ketones (excluding diaryl/α,β-unsaturated/α-hetero) is 1. The van der Waals surface area contributed by atoms with Crippen molar-refractivity contribution in [3.05, 3.63) is 44.8 Å². The van der Waals surface area contributed by atoms with Gasteiger partial charge in [0.1, 0.15) is 18.2 Å². The molecule has 0 bridgehead atoms. The van der Waals surface area contributed by atoms with Gasteiger partial charge in [0.25, 0.3) is 0 Å². The number of carbonyl (C=O) groups excluding carboxylic acids is 1. The van der Waals surface area contributed by atoms with E-state index in [-0.39, 0.29) is 24.6 Å². The van der Waals surface area contributed by atoms with E-state index < -0.39 is 5.83 Å². The van der Waals surface area contributed by atoms with Crippen LogP contribution in [0.4, 0.5) is 4.39 Å². The Balaban J connectivity index is 1.90. The van der Waals surface area contributed by atoms with Crippen LogP contribution in [-0.2, 0) is 6.42 Å². The number of halogens is 1. The second kappa shape index (κ2) is 7.39. The summed E-state index contributed by atoms with van der Waals surface area (Å²) in [6.45, 7) is 6.14. The summed E-state index contributed by atoms with van der Waals surface area (Å²) in [5.41, 5.74) is 10.1. The van der Waals surface area contributed by atoms with Crippen LogP contribution in [0.2, 0.25) is 0 Å². The molecule has 0 radical (unpaired) electrons. The molecule has 0 saturated carbocycles. The minimum Gasteiger partial charge on any atom is -0.405 e. The van der Waals surface area contributed by atoms with Crippen LogP contribution in [0.5, 0.6) is 0 Å². The molecule has 0 atom stereocenters. The fraction of sp³-hybridized carbons (Fsp3) is 0.357. The highest BCUT2D eigenvalue weighted by atomic mass is 32.1. The zero-order valence-corrected chi connectivity index (χ0v) is 13.1. The molecule has 0 fully saturated rings. The number of aryl methyl sites for hydroxylation is 1. The van der Waals surface area contributed by atoms with E-state index >= 15 is 0 Å². The molecule has 0 saturated heterocycles. The molecule has 0 aromatic carbocycles. The van der Waals surface area contributed by atoms with Crippen LogP contribution < -0.4 is 11.1 Å². The average molecular weight is 323 g/mol. The zero-order valence-electron chi connectivity index (χ0n) is 12.3. The van der Waals surface area contributed by atoms with Crippen molar-refractivity contribution in [3.8, 4) is 0 Å². The Bertz CT molecular complexity index is 650. The van der Waals surface area contributed by atoms with Crippen molar-refractivity contribution in [2.45, 2.75) is 13.3 Å². The summed E-state index contributed by atoms with van der Waals surface area (Å²) < 4.78 is 14.8. The molecular weight excluding hydrogens is 305 g/mol. The van der Waals surface area contributed by atoms with Gasteiger partial charge in [-0.25, -0.2) is 14.1 Å². The van der Waals surface area contributed by atoms with Gasteiger partial charge in [-0.3, -0.25) is 4.79 Å². The molecule has 2 heterocycles. The first-order chi connectivity index (χ1) is 10.5. The number of aromatic nitrogens is 1. The topological polar surface area (TPSA) is 85.1 Å². The molecule has 22 heavy (non-hydrogen) atoms. The fourth-order valence-corrected chi connectivity index (χ4v) is 2.89. The molecule has 2 rings (SSSR count). The first-order valence-corrected chi connectivity index (χ1v) is 7.61. The van der Waals surface area contributed by atoms with E-state index in [1.807, 2.05) is 6.92 Å². The highest BCUT2D eigenvalue weighted by molar-refractivity contribution is 7.11. The van der Waals surface area contributed by atoms with Gasteiger partial charge in [0.2, 0.25) is 0 Å². The summed E-state index contributed by atoms with van der Waals surface area (Å²) in [7, 11) is 0. The Hall–Kier alpha value is -1.90. The number of ketones is 1. The predicted octanol–water partition coefficient (Wildman–Crippen LogP) is 1.44. The van der Waals surface area contributed by atoms with Gasteiger partial charge >= 0.3 is 0 Å². The van der Waals surface area contributed by atoms with Crippen LogP contribution in [0.3, 0.4) is 0 Å². The molecule has 1 aliphatic heterocycles. The Morgan fingerprint density at radius 2 is 2.41 bits per heavy atom. The summed E-state index contributed by atoms with van der Waals surface area (Å²) in [5.74, 6) is -0.564. The number of hydrogen-bond acceptors (Lipinski definition) is 5. The van der Waals surface area contributed by atoms with Gasteiger partial charge in [0.15, 0.2) is 12.0 Å². The van der Waals surface area contributed by atoms with Gasteiger partial charge in [-0.1, -0.05) is 5.70 Å². The van der Waals surface area contributed by atoms with E-state index in [1.165, 1.54) is 28.3 Å². The van der Waals surface area contributed by atoms with Gasteiger partial charge in [0.05, 0.1) is 11.6 Å². The second-order valence-electron chi connectivity index (χ2n) is 4.73. The van der Waals surface area contributed by atoms with Crippen molar-refractivity contribution in [1.82, 2.24) is 10.3 Å². The van der Waals surface area contributed by atoms with Crippen LogP contribution in [0, 0.1) is 6.92 Å². The zero-order chi connectivity index (χ0) is 16.1. The molecule has 1 aliphatic rings. The summed E-state index contributed by atoms with van der Waals surface area (Å²) in [6, 6.07) is 0. The summed E-state index contributed by atoms with van der Waals surface area (Å²) in [4.78, 5) is 17.3. The van der Waals surface area contributed by atoms with Crippen LogP contribution in [0.1, 0.15) is 20.4 Å². The number of nitrogens with zero attached hydrogens (tertiary/aromatic N) is 3. The van der Waals surface area contributed by atoms with Crippen molar-refractivity contribution in [1.29, 1.82) is 0 Å². The molecule has 8 heteroatoms. The monoisotopic (exact) mass is 323 g/mol. The number of hydrogen-bond donors (Lipinski definition) is 2. The van der Waals surface area contributed by atoms with E-state index in [1.54, 1.807) is 0 Å². The third-order valence-electron chi connectivity index (χ3n) is 2.96. The van der Waals surface area contributed by atoms with E-state index in [9.17, 15) is 9.18 Å². The third kappa shape index (κ3) is 4.06. The summed E-state index contributed by atoms with van der Waals surface area (Å²) in [5, 5.41) is 3.74. The fourth-order valence-electron chi connectivity index (χ4n) is 1.92. The normalized spacial score (nSPS) is 14.4. The molecule has 6 nitrogen and oxygen atoms in total. The smallest absolute Gasteiger partial charge is 0.196 e. The minimum absolute atomic E-state index is 0.0692. The average Bonchev–Trinajstić information content (AvgIpc) is 2.84. The van der Waals surface area contributed by atoms with E-state index in [0.29, 0.717) is 18.7 Å². The molecule has 1 aromatic rings. The molecule has 3 N–H and O–H groups in total. The number of carbonyl (C=O) groups is 1. The van der Waals surface area contributed by atoms with Gasteiger partial charge in [-0.2, -0.15) is 0 Å². The second-order valence-corrected chi connectivity index (χ2v) is 6.02. The maximum atomic E-state index is 13.5. The van der Waals surface area contributed by atoms with E-state index in [4.69, 9.17) is 5.73 Å². The lowest BCUT2D eigenvalue weighted by Gasteiger charge is -2.22. The van der Waals surface area contributed by atoms with Crippen molar-refractivity contribution < 1.29 is 13.9 Å². The quantitative estimate of drug-likeness (QED) is 0.587. The summed E-state index contributed by atoms with van der Waals surface area (Å²) >= 11 is 1.48. The van der Waals surface area contributed by atoms with Crippen LogP contribution >= 0.6 is 11.3 Å². The molecular formula is C14H18FN5OS.